The fraction of sp³-hybridized carbons (Fsp3) is 0.294. The lowest BCUT2D eigenvalue weighted by Crippen LogP contribution is -2.06. The number of halogens is 5. The van der Waals surface area contributed by atoms with Crippen molar-refractivity contribution in [3.63, 3.8) is 0 Å². The largest absolute Gasteiger partial charge is 0.461 e. The van der Waals surface area contributed by atoms with Gasteiger partial charge in [-0.25, -0.2) is 9.78 Å². The molecule has 2 rings (SSSR count). The third kappa shape index (κ3) is 5.75. The average Bonchev–Trinajstić information content (AvgIpc) is 2.94. The molecule has 0 aliphatic carbocycles. The van der Waals surface area contributed by atoms with Crippen molar-refractivity contribution in [3.05, 3.63) is 52.1 Å². The molecule has 0 saturated carbocycles. The highest BCUT2D eigenvalue weighted by Crippen LogP contribution is 2.32. The number of alkyl halides is 3. The minimum atomic E-state index is -4.48. The first-order valence-electron chi connectivity index (χ1n) is 7.67. The summed E-state index contributed by atoms with van der Waals surface area (Å²) in [6, 6.07) is 4.55. The third-order valence-electron chi connectivity index (χ3n) is 3.46. The molecule has 27 heavy (non-hydrogen) atoms. The molecule has 4 nitrogen and oxygen atoms in total. The predicted molar refractivity (Wildman–Crippen MR) is 91.4 cm³/mol. The Hall–Kier alpha value is -2.49. The van der Waals surface area contributed by atoms with Crippen molar-refractivity contribution in [2.45, 2.75) is 26.4 Å². The molecule has 146 valence electrons. The van der Waals surface area contributed by atoms with Crippen LogP contribution in [0.1, 0.15) is 34.3 Å². The fourth-order valence-corrected chi connectivity index (χ4v) is 2.87. The molecule has 0 aliphatic heterocycles. The summed E-state index contributed by atoms with van der Waals surface area (Å²) in [5.74, 6) is -0.728. The molecule has 0 fully saturated rings. The topological polar surface area (TPSA) is 51.2 Å². The molecule has 0 atom stereocenters. The zero-order chi connectivity index (χ0) is 20.2. The molecule has 0 radical (unpaired) electrons. The Labute approximate surface area is 155 Å². The van der Waals surface area contributed by atoms with Crippen LogP contribution in [0.4, 0.5) is 32.8 Å². The van der Waals surface area contributed by atoms with E-state index >= 15 is 0 Å². The van der Waals surface area contributed by atoms with E-state index in [1.165, 1.54) is 26.0 Å². The van der Waals surface area contributed by atoms with Gasteiger partial charge in [0, 0.05) is 12.1 Å². The van der Waals surface area contributed by atoms with E-state index in [0.29, 0.717) is 5.69 Å². The van der Waals surface area contributed by atoms with Gasteiger partial charge in [-0.15, -0.1) is 0 Å². The number of benzene rings is 1. The molecule has 0 unspecified atom stereocenters. The number of hydrogen-bond donors (Lipinski definition) is 1. The molecular formula is C17H15F5N2O2S. The van der Waals surface area contributed by atoms with E-state index < -0.39 is 23.8 Å². The van der Waals surface area contributed by atoms with Crippen molar-refractivity contribution in [2.75, 3.05) is 11.9 Å². The number of nitrogens with one attached hydrogen (secondary N) is 1. The molecule has 10 heteroatoms. The molecule has 0 amide bonds. The average molecular weight is 406 g/mol. The summed E-state index contributed by atoms with van der Waals surface area (Å²) < 4.78 is 67.8. The normalized spacial score (nSPS) is 11.2. The number of nitrogens with zero attached hydrogens (tertiary/aromatic N) is 1. The third-order valence-corrected chi connectivity index (χ3v) is 4.51. The van der Waals surface area contributed by atoms with Crippen molar-refractivity contribution in [2.24, 2.45) is 0 Å². The van der Waals surface area contributed by atoms with Gasteiger partial charge in [0.2, 0.25) is 0 Å². The highest BCUT2D eigenvalue weighted by molar-refractivity contribution is 7.17. The second kappa shape index (κ2) is 8.47. The van der Waals surface area contributed by atoms with Gasteiger partial charge in [-0.05, 0) is 37.6 Å². The summed E-state index contributed by atoms with van der Waals surface area (Å²) in [7, 11) is 0. The zero-order valence-corrected chi connectivity index (χ0v) is 15.1. The number of rotatable bonds is 6. The second-order valence-corrected chi connectivity index (χ2v) is 6.56. The Morgan fingerprint density at radius 1 is 1.30 bits per heavy atom. The molecular weight excluding hydrogens is 391 g/mol. The van der Waals surface area contributed by atoms with Crippen molar-refractivity contribution < 1.29 is 31.5 Å². The van der Waals surface area contributed by atoms with Crippen LogP contribution < -0.4 is 5.32 Å². The van der Waals surface area contributed by atoms with E-state index in [1.54, 1.807) is 0 Å². The summed E-state index contributed by atoms with van der Waals surface area (Å²) in [5.41, 5.74) is -0.499. The molecule has 1 heterocycles. The number of carbonyl (C=O) groups is 1. The standard InChI is InChI=1S/C17H15F5N2O2S/c1-9(14(18)19)6-7-26-15(25)13-10(2)23-16(27-13)24-12-5-3-4-11(8-12)17(20,21)22/h3-5,8H,6-7H2,1-2H3,(H,23,24). The summed E-state index contributed by atoms with van der Waals surface area (Å²) >= 11 is 0.903. The Morgan fingerprint density at radius 3 is 2.63 bits per heavy atom. The first-order valence-corrected chi connectivity index (χ1v) is 8.49. The van der Waals surface area contributed by atoms with Gasteiger partial charge >= 0.3 is 12.1 Å². The van der Waals surface area contributed by atoms with Crippen LogP contribution in [0, 0.1) is 6.92 Å². The van der Waals surface area contributed by atoms with Crippen LogP contribution in [0.5, 0.6) is 0 Å². The summed E-state index contributed by atoms with van der Waals surface area (Å²) in [6.45, 7) is 2.56. The quantitative estimate of drug-likeness (QED) is 0.477. The lowest BCUT2D eigenvalue weighted by molar-refractivity contribution is -0.137. The van der Waals surface area contributed by atoms with E-state index in [-0.39, 0.29) is 34.3 Å². The van der Waals surface area contributed by atoms with Crippen LogP contribution >= 0.6 is 11.3 Å². The Kier molecular flexibility index (Phi) is 6.53. The first kappa shape index (κ1) is 20.8. The minimum absolute atomic E-state index is 0.0960. The SMILES string of the molecule is CC(CCOC(=O)c1sc(Nc2cccc(C(F)(F)F)c2)nc1C)=C(F)F. The van der Waals surface area contributed by atoms with Gasteiger partial charge in [0.15, 0.2) is 5.13 Å². The molecule has 0 aliphatic rings. The molecule has 2 aromatic rings. The highest BCUT2D eigenvalue weighted by Gasteiger charge is 2.30. The van der Waals surface area contributed by atoms with Crippen LogP contribution in [-0.2, 0) is 10.9 Å². The number of aryl methyl sites for hydroxylation is 1. The van der Waals surface area contributed by atoms with E-state index in [9.17, 15) is 26.7 Å². The van der Waals surface area contributed by atoms with Crippen LogP contribution in [0.2, 0.25) is 0 Å². The summed E-state index contributed by atoms with van der Waals surface area (Å²) in [5, 5.41) is 2.93. The van der Waals surface area contributed by atoms with Gasteiger partial charge in [0.1, 0.15) is 4.88 Å². The summed E-state index contributed by atoms with van der Waals surface area (Å²) in [4.78, 5) is 16.3. The molecule has 0 saturated heterocycles. The Balaban J connectivity index is 2.06. The number of ether oxygens (including phenoxy) is 1. The van der Waals surface area contributed by atoms with Crippen molar-refractivity contribution in [3.8, 4) is 0 Å². The first-order chi connectivity index (χ1) is 12.6. The van der Waals surface area contributed by atoms with Gasteiger partial charge in [-0.2, -0.15) is 22.0 Å². The highest BCUT2D eigenvalue weighted by atomic mass is 32.1. The second-order valence-electron chi connectivity index (χ2n) is 5.56. The number of carbonyl (C=O) groups excluding carboxylic acids is 1. The van der Waals surface area contributed by atoms with Crippen molar-refractivity contribution in [1.29, 1.82) is 0 Å². The van der Waals surface area contributed by atoms with Gasteiger partial charge in [-0.1, -0.05) is 17.4 Å². The maximum absolute atomic E-state index is 12.8. The lowest BCUT2D eigenvalue weighted by Gasteiger charge is -2.08. The van der Waals surface area contributed by atoms with Crippen LogP contribution in [-0.4, -0.2) is 17.6 Å². The van der Waals surface area contributed by atoms with Crippen molar-refractivity contribution in [1.82, 2.24) is 4.98 Å². The minimum Gasteiger partial charge on any atom is -0.461 e. The predicted octanol–water partition coefficient (Wildman–Crippen LogP) is 5.93. The van der Waals surface area contributed by atoms with E-state index in [1.807, 2.05) is 0 Å². The molecule has 0 spiro atoms. The molecule has 1 aromatic carbocycles. The number of hydrogen-bond acceptors (Lipinski definition) is 5. The lowest BCUT2D eigenvalue weighted by atomic mass is 10.2. The van der Waals surface area contributed by atoms with Gasteiger partial charge in [-0.3, -0.25) is 0 Å². The number of aromatic nitrogens is 1. The summed E-state index contributed by atoms with van der Waals surface area (Å²) in [6.07, 6.45) is -6.38. The van der Waals surface area contributed by atoms with Crippen LogP contribution in [0.25, 0.3) is 0 Å². The number of esters is 1. The van der Waals surface area contributed by atoms with Crippen LogP contribution in [0.15, 0.2) is 35.9 Å². The van der Waals surface area contributed by atoms with Gasteiger partial charge < -0.3 is 10.1 Å². The van der Waals surface area contributed by atoms with Crippen molar-refractivity contribution >= 4 is 28.1 Å². The van der Waals surface area contributed by atoms with E-state index in [2.05, 4.69) is 10.3 Å². The van der Waals surface area contributed by atoms with Gasteiger partial charge in [0.05, 0.1) is 17.9 Å². The Bertz CT molecular complexity index is 857. The van der Waals surface area contributed by atoms with E-state index in [0.717, 1.165) is 23.5 Å². The number of anilines is 2. The Morgan fingerprint density at radius 2 is 2.00 bits per heavy atom. The smallest absolute Gasteiger partial charge is 0.416 e. The number of thiazole rings is 1. The molecule has 1 aromatic heterocycles. The van der Waals surface area contributed by atoms with Gasteiger partial charge in [0.25, 0.3) is 6.08 Å². The maximum atomic E-state index is 12.8. The fourth-order valence-electron chi connectivity index (χ4n) is 1.99. The molecule has 0 bridgehead atoms. The van der Waals surface area contributed by atoms with E-state index in [4.69, 9.17) is 4.74 Å². The van der Waals surface area contributed by atoms with Crippen LogP contribution in [0.3, 0.4) is 0 Å². The maximum Gasteiger partial charge on any atom is 0.416 e. The monoisotopic (exact) mass is 406 g/mol. The zero-order valence-electron chi connectivity index (χ0n) is 14.3. The molecule has 1 N–H and O–H groups in total.